The van der Waals surface area contributed by atoms with Crippen LogP contribution in [0.15, 0.2) is 47.4 Å². The molecule has 1 saturated heterocycles. The second-order valence-electron chi connectivity index (χ2n) is 7.16. The number of H-pyrrole nitrogens is 1. The third-order valence-corrected chi connectivity index (χ3v) is 7.33. The van der Waals surface area contributed by atoms with Crippen LogP contribution in [0.5, 0.6) is 5.75 Å². The molecule has 164 valence electrons. The molecule has 1 aliphatic heterocycles. The van der Waals surface area contributed by atoms with Gasteiger partial charge in [0, 0.05) is 35.3 Å². The first-order chi connectivity index (χ1) is 14.8. The van der Waals surface area contributed by atoms with E-state index in [1.54, 1.807) is 6.92 Å². The van der Waals surface area contributed by atoms with Crippen molar-refractivity contribution in [3.05, 3.63) is 63.3 Å². The minimum Gasteiger partial charge on any atom is -0.491 e. The van der Waals surface area contributed by atoms with Crippen molar-refractivity contribution in [3.63, 3.8) is 0 Å². The number of aryl methyl sites for hydroxylation is 1. The number of ether oxygens (including phenoxy) is 2. The first-order valence-corrected chi connectivity index (χ1v) is 11.3. The fourth-order valence-electron chi connectivity index (χ4n) is 3.67. The molecule has 0 spiro atoms. The highest BCUT2D eigenvalue weighted by Crippen LogP contribution is 2.36. The van der Waals surface area contributed by atoms with E-state index in [2.05, 4.69) is 4.98 Å². The van der Waals surface area contributed by atoms with Crippen LogP contribution in [-0.4, -0.2) is 55.0 Å². The fourth-order valence-corrected chi connectivity index (χ4v) is 5.70. The Bertz CT molecular complexity index is 1230. The summed E-state index contributed by atoms with van der Waals surface area (Å²) in [4.78, 5) is 13.6. The van der Waals surface area contributed by atoms with Crippen LogP contribution in [0.2, 0.25) is 5.02 Å². The Labute approximate surface area is 183 Å². The molecule has 1 aromatic heterocycles. The van der Waals surface area contributed by atoms with Crippen LogP contribution >= 0.6 is 11.6 Å². The Balaban J connectivity index is 1.63. The number of morpholine rings is 1. The number of hydrogen-bond acceptors (Lipinski definition) is 6. The Morgan fingerprint density at radius 1 is 1.32 bits per heavy atom. The molecule has 0 amide bonds. The number of fused-ring (bicyclic) bond motifs is 1. The second-order valence-corrected chi connectivity index (χ2v) is 9.47. The quantitative estimate of drug-likeness (QED) is 0.440. The summed E-state index contributed by atoms with van der Waals surface area (Å²) in [6.45, 7) is 2.24. The van der Waals surface area contributed by atoms with Gasteiger partial charge in [-0.25, -0.2) is 8.42 Å². The number of para-hydroxylation sites is 1. The minimum atomic E-state index is -3.97. The molecule has 9 nitrogen and oxygen atoms in total. The van der Waals surface area contributed by atoms with Gasteiger partial charge >= 0.3 is 0 Å². The number of aromatic nitrogens is 1. The Morgan fingerprint density at radius 2 is 2.06 bits per heavy atom. The van der Waals surface area contributed by atoms with Crippen LogP contribution in [-0.2, 0) is 14.8 Å². The summed E-state index contributed by atoms with van der Waals surface area (Å²) in [6, 6.07) is 11.8. The smallest absolute Gasteiger partial charge is 0.294 e. The number of nitrogens with zero attached hydrogens (tertiary/aromatic N) is 2. The first-order valence-electron chi connectivity index (χ1n) is 9.53. The minimum absolute atomic E-state index is 0.0160. The molecule has 1 unspecified atom stereocenters. The lowest BCUT2D eigenvalue weighted by Gasteiger charge is -2.32. The molecule has 0 saturated carbocycles. The number of halogens is 1. The van der Waals surface area contributed by atoms with Gasteiger partial charge in [-0.15, -0.1) is 0 Å². The molecule has 3 aromatic rings. The van der Waals surface area contributed by atoms with Crippen molar-refractivity contribution in [2.75, 3.05) is 26.3 Å². The van der Waals surface area contributed by atoms with Gasteiger partial charge in [-0.05, 0) is 25.1 Å². The first kappa shape index (κ1) is 21.6. The van der Waals surface area contributed by atoms with Gasteiger partial charge in [0.05, 0.1) is 11.5 Å². The zero-order valence-electron chi connectivity index (χ0n) is 16.6. The van der Waals surface area contributed by atoms with Crippen LogP contribution in [0.1, 0.15) is 5.69 Å². The van der Waals surface area contributed by atoms with E-state index < -0.39 is 21.1 Å². The van der Waals surface area contributed by atoms with E-state index in [0.29, 0.717) is 11.4 Å². The largest absolute Gasteiger partial charge is 0.491 e. The van der Waals surface area contributed by atoms with E-state index in [0.717, 1.165) is 0 Å². The molecule has 1 atom stereocenters. The number of benzene rings is 2. The van der Waals surface area contributed by atoms with E-state index in [9.17, 15) is 18.5 Å². The van der Waals surface area contributed by atoms with Crippen molar-refractivity contribution < 1.29 is 22.8 Å². The van der Waals surface area contributed by atoms with Gasteiger partial charge < -0.3 is 14.5 Å². The van der Waals surface area contributed by atoms with Crippen molar-refractivity contribution >= 4 is 38.2 Å². The molecule has 31 heavy (non-hydrogen) atoms. The predicted molar refractivity (Wildman–Crippen MR) is 115 cm³/mol. The maximum atomic E-state index is 13.5. The van der Waals surface area contributed by atoms with Gasteiger partial charge in [0.2, 0.25) is 10.0 Å². The van der Waals surface area contributed by atoms with Crippen LogP contribution < -0.4 is 4.74 Å². The van der Waals surface area contributed by atoms with Gasteiger partial charge in [-0.3, -0.25) is 10.1 Å². The van der Waals surface area contributed by atoms with Crippen molar-refractivity contribution in [1.29, 1.82) is 0 Å². The normalized spacial score (nSPS) is 17.7. The Morgan fingerprint density at radius 3 is 2.77 bits per heavy atom. The van der Waals surface area contributed by atoms with E-state index >= 15 is 0 Å². The van der Waals surface area contributed by atoms with Crippen molar-refractivity contribution in [2.45, 2.75) is 17.9 Å². The highest BCUT2D eigenvalue weighted by atomic mass is 35.5. The lowest BCUT2D eigenvalue weighted by molar-refractivity contribution is -0.383. The van der Waals surface area contributed by atoms with E-state index in [1.165, 1.54) is 16.4 Å². The SMILES string of the molecule is Cc1[nH]c2c([N+](=O)[O-])cc(Cl)cc2c1S(=O)(=O)N1CCOC(COc2ccccc2)C1. The summed E-state index contributed by atoms with van der Waals surface area (Å²) in [7, 11) is -3.97. The Hall–Kier alpha value is -2.66. The van der Waals surface area contributed by atoms with E-state index in [1.807, 2.05) is 30.3 Å². The van der Waals surface area contributed by atoms with Crippen molar-refractivity contribution in [1.82, 2.24) is 9.29 Å². The number of nitro benzene ring substituents is 1. The highest BCUT2D eigenvalue weighted by Gasteiger charge is 2.35. The van der Waals surface area contributed by atoms with Gasteiger partial charge in [0.1, 0.15) is 28.9 Å². The molecular weight excluding hydrogens is 446 g/mol. The summed E-state index contributed by atoms with van der Waals surface area (Å²) in [6.07, 6.45) is -0.452. The zero-order chi connectivity index (χ0) is 22.2. The Kier molecular flexibility index (Phi) is 5.89. The summed E-state index contributed by atoms with van der Waals surface area (Å²) in [5.41, 5.74) is 0.162. The predicted octanol–water partition coefficient (Wildman–Crippen LogP) is 3.51. The number of rotatable bonds is 6. The number of nitro groups is 1. The molecule has 0 bridgehead atoms. The molecule has 1 aliphatic rings. The van der Waals surface area contributed by atoms with Crippen LogP contribution in [0.3, 0.4) is 0 Å². The third-order valence-electron chi connectivity index (χ3n) is 5.06. The average Bonchev–Trinajstić information content (AvgIpc) is 3.08. The maximum Gasteiger partial charge on any atom is 0.294 e. The van der Waals surface area contributed by atoms with Crippen molar-refractivity contribution in [3.8, 4) is 5.75 Å². The zero-order valence-corrected chi connectivity index (χ0v) is 18.1. The monoisotopic (exact) mass is 465 g/mol. The molecule has 0 aliphatic carbocycles. The standard InChI is InChI=1S/C20H20ClN3O6S/c1-13-20(17-9-14(21)10-18(24(25)26)19(17)22-13)31(27,28)23-7-8-29-16(11-23)12-30-15-5-3-2-4-6-15/h2-6,9-10,16,22H,7-8,11-12H2,1H3. The fraction of sp³-hybridized carbons (Fsp3) is 0.300. The van der Waals surface area contributed by atoms with E-state index in [4.69, 9.17) is 21.1 Å². The molecule has 2 heterocycles. The van der Waals surface area contributed by atoms with Gasteiger partial charge in [-0.1, -0.05) is 29.8 Å². The molecular formula is C20H20ClN3O6S. The number of aromatic amines is 1. The molecule has 2 aromatic carbocycles. The van der Waals surface area contributed by atoms with Crippen LogP contribution in [0.25, 0.3) is 10.9 Å². The summed E-state index contributed by atoms with van der Waals surface area (Å²) in [5.74, 6) is 0.667. The van der Waals surface area contributed by atoms with Crippen LogP contribution in [0.4, 0.5) is 5.69 Å². The average molecular weight is 466 g/mol. The molecule has 1 N–H and O–H groups in total. The van der Waals surface area contributed by atoms with Crippen LogP contribution in [0, 0.1) is 17.0 Å². The second kappa shape index (κ2) is 8.46. The number of nitrogens with one attached hydrogen (secondary N) is 1. The number of sulfonamides is 1. The summed E-state index contributed by atoms with van der Waals surface area (Å²) < 4.78 is 39.7. The van der Waals surface area contributed by atoms with Gasteiger partial charge in [-0.2, -0.15) is 4.31 Å². The maximum absolute atomic E-state index is 13.5. The lowest BCUT2D eigenvalue weighted by Crippen LogP contribution is -2.47. The molecule has 1 fully saturated rings. The number of hydrogen-bond donors (Lipinski definition) is 1. The topological polar surface area (TPSA) is 115 Å². The van der Waals surface area contributed by atoms with E-state index in [-0.39, 0.29) is 52.8 Å². The molecule has 0 radical (unpaired) electrons. The lowest BCUT2D eigenvalue weighted by atomic mass is 10.2. The van der Waals surface area contributed by atoms with Crippen molar-refractivity contribution in [2.24, 2.45) is 0 Å². The number of non-ortho nitro benzene ring substituents is 1. The van der Waals surface area contributed by atoms with Gasteiger partial charge in [0.25, 0.3) is 5.69 Å². The molecule has 11 heteroatoms. The molecule has 4 rings (SSSR count). The third kappa shape index (κ3) is 4.24. The highest BCUT2D eigenvalue weighted by molar-refractivity contribution is 7.89. The summed E-state index contributed by atoms with van der Waals surface area (Å²) >= 11 is 6.04. The summed E-state index contributed by atoms with van der Waals surface area (Å²) in [5, 5.41) is 11.7. The van der Waals surface area contributed by atoms with Gasteiger partial charge in [0.15, 0.2) is 0 Å².